The lowest BCUT2D eigenvalue weighted by Gasteiger charge is -2.10. The summed E-state index contributed by atoms with van der Waals surface area (Å²) in [7, 11) is 0. The summed E-state index contributed by atoms with van der Waals surface area (Å²) in [6.45, 7) is 0. The van der Waals surface area contributed by atoms with Crippen LogP contribution in [0.5, 0.6) is 5.75 Å². The Morgan fingerprint density at radius 1 is 0.955 bits per heavy atom. The average molecular weight is 323 g/mol. The first-order valence-corrected chi connectivity index (χ1v) is 5.72. The van der Waals surface area contributed by atoms with Crippen LogP contribution >= 0.6 is 0 Å². The molecule has 0 amide bonds. The molecule has 118 valence electrons. The second kappa shape index (κ2) is 5.39. The smallest absolute Gasteiger partial charge is 0.406 e. The van der Waals surface area contributed by atoms with Gasteiger partial charge in [0.15, 0.2) is 5.43 Å². The summed E-state index contributed by atoms with van der Waals surface area (Å²) in [5.74, 6) is -0.481. The third-order valence-electron chi connectivity index (χ3n) is 2.62. The highest BCUT2D eigenvalue weighted by molar-refractivity contribution is 5.60. The quantitative estimate of drug-likeness (QED) is 0.850. The zero-order valence-corrected chi connectivity index (χ0v) is 10.5. The van der Waals surface area contributed by atoms with Gasteiger partial charge in [0.2, 0.25) is 0 Å². The maximum absolute atomic E-state index is 12.5. The Hall–Kier alpha value is -2.45. The minimum absolute atomic E-state index is 0.0385. The highest BCUT2D eigenvalue weighted by atomic mass is 19.4. The molecule has 2 aromatic rings. The summed E-state index contributed by atoms with van der Waals surface area (Å²) in [6, 6.07) is 5.05. The molecule has 1 N–H and O–H groups in total. The molecule has 0 atom stereocenters. The number of benzene rings is 1. The van der Waals surface area contributed by atoms with E-state index in [1.165, 1.54) is 12.1 Å². The lowest BCUT2D eigenvalue weighted by Crippen LogP contribution is -2.19. The molecule has 0 fully saturated rings. The molecular formula is C13H7F6NO2. The molecular weight excluding hydrogens is 316 g/mol. The number of aromatic amines is 1. The number of aromatic nitrogens is 1. The van der Waals surface area contributed by atoms with E-state index in [2.05, 4.69) is 9.72 Å². The van der Waals surface area contributed by atoms with Gasteiger partial charge in [-0.1, -0.05) is 0 Å². The molecule has 22 heavy (non-hydrogen) atoms. The number of pyridine rings is 1. The van der Waals surface area contributed by atoms with E-state index in [1.54, 1.807) is 0 Å². The summed E-state index contributed by atoms with van der Waals surface area (Å²) in [6.07, 6.45) is -9.11. The van der Waals surface area contributed by atoms with E-state index in [-0.39, 0.29) is 11.3 Å². The second-order valence-electron chi connectivity index (χ2n) is 4.19. The third kappa shape index (κ3) is 3.80. The normalized spacial score (nSPS) is 12.3. The topological polar surface area (TPSA) is 42.1 Å². The monoisotopic (exact) mass is 323 g/mol. The minimum atomic E-state index is -4.84. The number of halogens is 6. The molecule has 0 unspecified atom stereocenters. The van der Waals surface area contributed by atoms with Crippen LogP contribution in [-0.2, 0) is 6.18 Å². The first kappa shape index (κ1) is 15.9. The highest BCUT2D eigenvalue weighted by Gasteiger charge is 2.34. The van der Waals surface area contributed by atoms with Crippen molar-refractivity contribution in [3.8, 4) is 17.0 Å². The van der Waals surface area contributed by atoms with Crippen molar-refractivity contribution in [1.82, 2.24) is 4.98 Å². The average Bonchev–Trinajstić information content (AvgIpc) is 2.36. The Labute approximate surface area is 119 Å². The van der Waals surface area contributed by atoms with Gasteiger partial charge in [0.1, 0.15) is 11.3 Å². The molecule has 1 aromatic carbocycles. The van der Waals surface area contributed by atoms with Gasteiger partial charge in [-0.15, -0.1) is 13.2 Å². The molecule has 0 spiro atoms. The molecule has 0 radical (unpaired) electrons. The van der Waals surface area contributed by atoms with Gasteiger partial charge in [-0.05, 0) is 29.8 Å². The number of nitrogens with one attached hydrogen (secondary N) is 1. The number of ether oxygens (including phenoxy) is 1. The molecule has 0 saturated heterocycles. The first-order valence-electron chi connectivity index (χ1n) is 5.72. The van der Waals surface area contributed by atoms with Crippen molar-refractivity contribution in [2.75, 3.05) is 0 Å². The first-order chi connectivity index (χ1) is 10.1. The Morgan fingerprint density at radius 3 is 2.00 bits per heavy atom. The number of hydrogen-bond acceptors (Lipinski definition) is 2. The van der Waals surface area contributed by atoms with E-state index in [0.717, 1.165) is 18.2 Å². The Balaban J connectivity index is 2.30. The molecule has 2 rings (SSSR count). The fourth-order valence-corrected chi connectivity index (χ4v) is 1.70. The lowest BCUT2D eigenvalue weighted by molar-refractivity contribution is -0.274. The minimum Gasteiger partial charge on any atom is -0.406 e. The van der Waals surface area contributed by atoms with Gasteiger partial charge in [0, 0.05) is 18.0 Å². The van der Waals surface area contributed by atoms with Crippen LogP contribution in [0.15, 0.2) is 41.3 Å². The maximum Gasteiger partial charge on any atom is 0.573 e. The highest BCUT2D eigenvalue weighted by Crippen LogP contribution is 2.28. The second-order valence-corrected chi connectivity index (χ2v) is 4.19. The standard InChI is InChI=1S/C13H7F6NO2/c14-12(15,16)9-6-20-10(5-11(9)21)7-1-3-8(4-2-7)22-13(17,18)19/h1-6H,(H,20,21). The van der Waals surface area contributed by atoms with Crippen LogP contribution in [-0.4, -0.2) is 11.3 Å². The zero-order valence-electron chi connectivity index (χ0n) is 10.5. The Bertz CT molecular complexity index is 715. The van der Waals surface area contributed by atoms with E-state index in [1.807, 2.05) is 0 Å². The van der Waals surface area contributed by atoms with Gasteiger partial charge in [-0.3, -0.25) is 4.79 Å². The van der Waals surface area contributed by atoms with Crippen molar-refractivity contribution < 1.29 is 31.1 Å². The SMILES string of the molecule is O=c1cc(-c2ccc(OC(F)(F)F)cc2)[nH]cc1C(F)(F)F. The van der Waals surface area contributed by atoms with Crippen molar-refractivity contribution in [2.24, 2.45) is 0 Å². The van der Waals surface area contributed by atoms with Crippen molar-refractivity contribution >= 4 is 0 Å². The van der Waals surface area contributed by atoms with Crippen molar-refractivity contribution in [3.05, 3.63) is 52.3 Å². The molecule has 0 aliphatic rings. The van der Waals surface area contributed by atoms with Crippen LogP contribution in [0, 0.1) is 0 Å². The van der Waals surface area contributed by atoms with Crippen LogP contribution in [0.4, 0.5) is 26.3 Å². The zero-order chi connectivity index (χ0) is 16.5. The van der Waals surface area contributed by atoms with E-state index >= 15 is 0 Å². The molecule has 9 heteroatoms. The molecule has 0 aliphatic heterocycles. The summed E-state index contributed by atoms with van der Waals surface area (Å²) >= 11 is 0. The molecule has 1 heterocycles. The van der Waals surface area contributed by atoms with Gasteiger partial charge in [-0.2, -0.15) is 13.2 Å². The predicted molar refractivity (Wildman–Crippen MR) is 64.2 cm³/mol. The Kier molecular flexibility index (Phi) is 3.90. The van der Waals surface area contributed by atoms with Crippen molar-refractivity contribution in [3.63, 3.8) is 0 Å². The Morgan fingerprint density at radius 2 is 1.55 bits per heavy atom. The van der Waals surface area contributed by atoms with E-state index in [4.69, 9.17) is 0 Å². The number of alkyl halides is 6. The summed E-state index contributed by atoms with van der Waals surface area (Å²) in [4.78, 5) is 13.7. The molecule has 1 aromatic heterocycles. The van der Waals surface area contributed by atoms with Crippen LogP contribution in [0.2, 0.25) is 0 Å². The van der Waals surface area contributed by atoms with Crippen LogP contribution < -0.4 is 10.2 Å². The number of rotatable bonds is 2. The number of hydrogen-bond donors (Lipinski definition) is 1. The van der Waals surface area contributed by atoms with E-state index in [9.17, 15) is 31.1 Å². The van der Waals surface area contributed by atoms with Crippen LogP contribution in [0.1, 0.15) is 5.56 Å². The van der Waals surface area contributed by atoms with Crippen LogP contribution in [0.25, 0.3) is 11.3 Å². The van der Waals surface area contributed by atoms with Gasteiger partial charge < -0.3 is 9.72 Å². The molecule has 3 nitrogen and oxygen atoms in total. The van der Waals surface area contributed by atoms with Gasteiger partial charge in [0.25, 0.3) is 0 Å². The number of H-pyrrole nitrogens is 1. The molecule has 0 saturated carbocycles. The maximum atomic E-state index is 12.5. The van der Waals surface area contributed by atoms with E-state index < -0.39 is 29.3 Å². The summed E-state index contributed by atoms with van der Waals surface area (Å²) in [5, 5.41) is 0. The molecule has 0 aliphatic carbocycles. The summed E-state index contributed by atoms with van der Waals surface area (Å²) in [5.41, 5.74) is -2.32. The third-order valence-corrected chi connectivity index (χ3v) is 2.62. The van der Waals surface area contributed by atoms with Crippen LogP contribution in [0.3, 0.4) is 0 Å². The van der Waals surface area contributed by atoms with Gasteiger partial charge >= 0.3 is 12.5 Å². The lowest BCUT2D eigenvalue weighted by atomic mass is 10.1. The van der Waals surface area contributed by atoms with Crippen molar-refractivity contribution in [2.45, 2.75) is 12.5 Å². The largest absolute Gasteiger partial charge is 0.573 e. The molecule has 0 bridgehead atoms. The summed E-state index contributed by atoms with van der Waals surface area (Å²) < 4.78 is 77.0. The van der Waals surface area contributed by atoms with Crippen molar-refractivity contribution in [1.29, 1.82) is 0 Å². The fraction of sp³-hybridized carbons (Fsp3) is 0.154. The van der Waals surface area contributed by atoms with Gasteiger partial charge in [0.05, 0.1) is 0 Å². The predicted octanol–water partition coefficient (Wildman–Crippen LogP) is 3.96. The van der Waals surface area contributed by atoms with E-state index in [0.29, 0.717) is 6.20 Å². The fourth-order valence-electron chi connectivity index (χ4n) is 1.70. The van der Waals surface area contributed by atoms with Gasteiger partial charge in [-0.25, -0.2) is 0 Å².